The maximum atomic E-state index is 12.0. The fourth-order valence-corrected chi connectivity index (χ4v) is 3.35. The Kier molecular flexibility index (Phi) is 3.08. The maximum absolute atomic E-state index is 12.0. The molecule has 2 aromatic heterocycles. The lowest BCUT2D eigenvalue weighted by atomic mass is 10.1. The number of carbonyl (C=O) groups excluding carboxylic acids is 1. The van der Waals surface area contributed by atoms with Crippen LogP contribution in [0.1, 0.15) is 6.42 Å². The molecule has 0 unspecified atom stereocenters. The first-order valence-corrected chi connectivity index (χ1v) is 7.00. The minimum Gasteiger partial charge on any atom is -0.357 e. The van der Waals surface area contributed by atoms with Crippen molar-refractivity contribution in [1.82, 2.24) is 15.3 Å². The zero-order chi connectivity index (χ0) is 13.4. The predicted molar refractivity (Wildman–Crippen MR) is 75.2 cm³/mol. The molecule has 7 heteroatoms. The van der Waals surface area contributed by atoms with Crippen LogP contribution in [0.5, 0.6) is 0 Å². The number of nitrogens with one attached hydrogen (secondary N) is 1. The third-order valence-corrected chi connectivity index (χ3v) is 4.28. The number of nitrogens with zero attached hydrogens (tertiary/aromatic N) is 3. The Hall–Kier alpha value is -1.73. The first kappa shape index (κ1) is 12.3. The van der Waals surface area contributed by atoms with Crippen molar-refractivity contribution in [3.8, 4) is 0 Å². The summed E-state index contributed by atoms with van der Waals surface area (Å²) in [7, 11) is 1.64. The summed E-state index contributed by atoms with van der Waals surface area (Å²) in [5, 5.41) is 4.67. The van der Waals surface area contributed by atoms with Crippen LogP contribution in [0, 0.1) is 0 Å². The number of hydrogen-bond acceptors (Lipinski definition) is 6. The highest BCUT2D eigenvalue weighted by Crippen LogP contribution is 2.32. The second kappa shape index (κ2) is 4.75. The summed E-state index contributed by atoms with van der Waals surface area (Å²) in [6.07, 6.45) is 2.19. The standard InChI is InChI=1S/C12H15N5OS/c1-14-12(18)9-4-7(13)5-17(9)11-10-8(2-3-19-10)15-6-16-11/h2-3,6-7,9H,4-5,13H2,1H3,(H,14,18)/t7-,9+/m1/s1. The number of likely N-dealkylation sites (N-methyl/N-ethyl adjacent to an activating group) is 1. The first-order valence-electron chi connectivity index (χ1n) is 6.12. The third-order valence-electron chi connectivity index (χ3n) is 3.38. The van der Waals surface area contributed by atoms with Gasteiger partial charge in [0.25, 0.3) is 0 Å². The molecule has 19 heavy (non-hydrogen) atoms. The molecular weight excluding hydrogens is 262 g/mol. The number of amides is 1. The van der Waals surface area contributed by atoms with Crippen LogP contribution in [-0.2, 0) is 4.79 Å². The molecule has 0 bridgehead atoms. The maximum Gasteiger partial charge on any atom is 0.242 e. The number of aromatic nitrogens is 2. The third kappa shape index (κ3) is 2.04. The van der Waals surface area contributed by atoms with Crippen molar-refractivity contribution in [2.24, 2.45) is 5.73 Å². The van der Waals surface area contributed by atoms with E-state index in [1.807, 2.05) is 16.3 Å². The summed E-state index contributed by atoms with van der Waals surface area (Å²) in [4.78, 5) is 22.5. The molecule has 1 fully saturated rings. The highest BCUT2D eigenvalue weighted by Gasteiger charge is 2.36. The fraction of sp³-hybridized carbons (Fsp3) is 0.417. The number of hydrogen-bond donors (Lipinski definition) is 2. The van der Waals surface area contributed by atoms with Crippen LogP contribution in [0.3, 0.4) is 0 Å². The zero-order valence-corrected chi connectivity index (χ0v) is 11.4. The topological polar surface area (TPSA) is 84.1 Å². The minimum absolute atomic E-state index is 0.00715. The van der Waals surface area contributed by atoms with E-state index in [4.69, 9.17) is 5.73 Å². The monoisotopic (exact) mass is 277 g/mol. The van der Waals surface area contributed by atoms with Crippen LogP contribution < -0.4 is 16.0 Å². The van der Waals surface area contributed by atoms with Gasteiger partial charge in [-0.3, -0.25) is 4.79 Å². The summed E-state index contributed by atoms with van der Waals surface area (Å²) < 4.78 is 1.01. The van der Waals surface area contributed by atoms with Gasteiger partial charge in [0, 0.05) is 19.6 Å². The van der Waals surface area contributed by atoms with Gasteiger partial charge in [-0.2, -0.15) is 0 Å². The second-order valence-corrected chi connectivity index (χ2v) is 5.53. The summed E-state index contributed by atoms with van der Waals surface area (Å²) in [5.74, 6) is 0.790. The predicted octanol–water partition coefficient (Wildman–Crippen LogP) is 0.343. The van der Waals surface area contributed by atoms with Gasteiger partial charge in [0.05, 0.1) is 10.2 Å². The molecule has 2 atom stereocenters. The minimum atomic E-state index is -0.250. The van der Waals surface area contributed by atoms with Crippen molar-refractivity contribution in [2.45, 2.75) is 18.5 Å². The van der Waals surface area contributed by atoms with Crippen LogP contribution in [0.15, 0.2) is 17.8 Å². The van der Waals surface area contributed by atoms with Crippen molar-refractivity contribution in [1.29, 1.82) is 0 Å². The summed E-state index contributed by atoms with van der Waals surface area (Å²) >= 11 is 1.58. The lowest BCUT2D eigenvalue weighted by Crippen LogP contribution is -2.42. The SMILES string of the molecule is CNC(=O)[C@@H]1C[C@@H](N)CN1c1ncnc2ccsc12. The molecule has 0 aliphatic carbocycles. The van der Waals surface area contributed by atoms with E-state index in [9.17, 15) is 4.79 Å². The van der Waals surface area contributed by atoms with E-state index >= 15 is 0 Å². The van der Waals surface area contributed by atoms with Gasteiger partial charge in [0.1, 0.15) is 12.4 Å². The van der Waals surface area contributed by atoms with E-state index in [1.165, 1.54) is 6.33 Å². The Morgan fingerprint density at radius 1 is 1.58 bits per heavy atom. The molecular formula is C12H15N5OS. The molecule has 3 rings (SSSR count). The van der Waals surface area contributed by atoms with Gasteiger partial charge in [-0.15, -0.1) is 11.3 Å². The van der Waals surface area contributed by atoms with E-state index in [2.05, 4.69) is 15.3 Å². The molecule has 1 amide bonds. The van der Waals surface area contributed by atoms with Crippen LogP contribution in [0.4, 0.5) is 5.82 Å². The molecule has 1 aliphatic rings. The molecule has 100 valence electrons. The highest BCUT2D eigenvalue weighted by atomic mass is 32.1. The van der Waals surface area contributed by atoms with Gasteiger partial charge in [0.2, 0.25) is 5.91 Å². The molecule has 0 radical (unpaired) electrons. The summed E-state index contributed by atoms with van der Waals surface area (Å²) in [5.41, 5.74) is 6.91. The molecule has 6 nitrogen and oxygen atoms in total. The second-order valence-electron chi connectivity index (χ2n) is 4.61. The Morgan fingerprint density at radius 2 is 2.42 bits per heavy atom. The van der Waals surface area contributed by atoms with Crippen molar-refractivity contribution in [2.75, 3.05) is 18.5 Å². The molecule has 1 aliphatic heterocycles. The lowest BCUT2D eigenvalue weighted by Gasteiger charge is -2.24. The van der Waals surface area contributed by atoms with E-state index in [0.29, 0.717) is 13.0 Å². The number of thiophene rings is 1. The van der Waals surface area contributed by atoms with E-state index < -0.39 is 0 Å². The van der Waals surface area contributed by atoms with Crippen molar-refractivity contribution in [3.63, 3.8) is 0 Å². The van der Waals surface area contributed by atoms with Gasteiger partial charge in [0.15, 0.2) is 5.82 Å². The van der Waals surface area contributed by atoms with Gasteiger partial charge < -0.3 is 16.0 Å². The van der Waals surface area contributed by atoms with Gasteiger partial charge in [-0.1, -0.05) is 0 Å². The molecule has 3 N–H and O–H groups in total. The Morgan fingerprint density at radius 3 is 3.21 bits per heavy atom. The van der Waals surface area contributed by atoms with E-state index in [1.54, 1.807) is 18.4 Å². The number of nitrogens with two attached hydrogens (primary N) is 1. The molecule has 3 heterocycles. The van der Waals surface area contributed by atoms with E-state index in [0.717, 1.165) is 16.0 Å². The Balaban J connectivity index is 2.04. The fourth-order valence-electron chi connectivity index (χ4n) is 2.50. The molecule has 0 spiro atoms. The average molecular weight is 277 g/mol. The quantitative estimate of drug-likeness (QED) is 0.827. The number of rotatable bonds is 2. The van der Waals surface area contributed by atoms with Crippen LogP contribution in [0.2, 0.25) is 0 Å². The van der Waals surface area contributed by atoms with Crippen molar-refractivity contribution in [3.05, 3.63) is 17.8 Å². The van der Waals surface area contributed by atoms with Gasteiger partial charge in [-0.05, 0) is 17.9 Å². The lowest BCUT2D eigenvalue weighted by molar-refractivity contribution is -0.121. The van der Waals surface area contributed by atoms with E-state index in [-0.39, 0.29) is 18.0 Å². The largest absolute Gasteiger partial charge is 0.357 e. The van der Waals surface area contributed by atoms with Crippen LogP contribution >= 0.6 is 11.3 Å². The highest BCUT2D eigenvalue weighted by molar-refractivity contribution is 7.17. The zero-order valence-electron chi connectivity index (χ0n) is 10.5. The molecule has 0 saturated carbocycles. The molecule has 2 aromatic rings. The number of anilines is 1. The number of carbonyl (C=O) groups is 1. The van der Waals surface area contributed by atoms with Crippen molar-refractivity contribution >= 4 is 33.3 Å². The molecule has 0 aromatic carbocycles. The summed E-state index contributed by atoms with van der Waals surface area (Å²) in [6, 6.07) is 1.70. The smallest absolute Gasteiger partial charge is 0.242 e. The van der Waals surface area contributed by atoms with Crippen LogP contribution in [0.25, 0.3) is 10.2 Å². The van der Waals surface area contributed by atoms with Gasteiger partial charge in [-0.25, -0.2) is 9.97 Å². The summed E-state index contributed by atoms with van der Waals surface area (Å²) in [6.45, 7) is 0.641. The normalized spacial score (nSPS) is 22.9. The van der Waals surface area contributed by atoms with Gasteiger partial charge >= 0.3 is 0 Å². The Labute approximate surface area is 114 Å². The van der Waals surface area contributed by atoms with Crippen molar-refractivity contribution < 1.29 is 4.79 Å². The molecule has 1 saturated heterocycles. The van der Waals surface area contributed by atoms with Crippen LogP contribution in [-0.4, -0.2) is 41.6 Å². The number of fused-ring (bicyclic) bond motifs is 1. The Bertz CT molecular complexity index is 613. The average Bonchev–Trinajstić information content (AvgIpc) is 3.03. The first-order chi connectivity index (χ1) is 9.20.